The summed E-state index contributed by atoms with van der Waals surface area (Å²) in [4.78, 5) is 11.1. The van der Waals surface area contributed by atoms with Gasteiger partial charge < -0.3 is 5.11 Å². The molecule has 88 valence electrons. The molecule has 5 heteroatoms. The summed E-state index contributed by atoms with van der Waals surface area (Å²) in [5, 5.41) is 16.6. The fraction of sp³-hybridized carbons (Fsp3) is 0.250. The Hall–Kier alpha value is -2.17. The van der Waals surface area contributed by atoms with Crippen LogP contribution in [0.1, 0.15) is 23.0 Å². The van der Waals surface area contributed by atoms with Crippen molar-refractivity contribution in [2.45, 2.75) is 20.4 Å². The number of aromatic carboxylic acids is 1. The molecule has 0 fully saturated rings. The number of hydrogen-bond donors (Lipinski definition) is 1. The molecule has 2 rings (SSSR count). The highest BCUT2D eigenvalue weighted by molar-refractivity contribution is 5.92. The Labute approximate surface area is 98.7 Å². The van der Waals surface area contributed by atoms with Crippen molar-refractivity contribution >= 4 is 5.97 Å². The molecule has 1 aromatic heterocycles. The first-order valence-electron chi connectivity index (χ1n) is 5.37. The van der Waals surface area contributed by atoms with Gasteiger partial charge >= 0.3 is 5.97 Å². The quantitative estimate of drug-likeness (QED) is 0.876. The first kappa shape index (κ1) is 11.3. The lowest BCUT2D eigenvalue weighted by Crippen LogP contribution is -2.03. The van der Waals surface area contributed by atoms with E-state index < -0.39 is 5.97 Å². The Bertz CT molecular complexity index is 561. The van der Waals surface area contributed by atoms with Crippen molar-refractivity contribution in [1.82, 2.24) is 15.0 Å². The zero-order chi connectivity index (χ0) is 12.4. The smallest absolute Gasteiger partial charge is 0.358 e. The third-order valence-corrected chi connectivity index (χ3v) is 2.53. The highest BCUT2D eigenvalue weighted by Gasteiger charge is 2.19. The molecule has 0 atom stereocenters. The second-order valence-electron chi connectivity index (χ2n) is 3.78. The molecular formula is C12H13N3O2. The maximum atomic E-state index is 11.1. The molecule has 0 radical (unpaired) electrons. The Kier molecular flexibility index (Phi) is 2.91. The molecule has 0 saturated carbocycles. The monoisotopic (exact) mass is 231 g/mol. The molecule has 0 saturated heterocycles. The largest absolute Gasteiger partial charge is 0.476 e. The first-order chi connectivity index (χ1) is 8.13. The molecule has 0 aliphatic carbocycles. The van der Waals surface area contributed by atoms with Gasteiger partial charge in [-0.25, -0.2) is 9.48 Å². The number of benzene rings is 1. The second-order valence-corrected chi connectivity index (χ2v) is 3.78. The molecule has 1 N–H and O–H groups in total. The van der Waals surface area contributed by atoms with E-state index >= 15 is 0 Å². The van der Waals surface area contributed by atoms with Gasteiger partial charge in [0.15, 0.2) is 5.69 Å². The standard InChI is InChI=1S/C12H13N3O2/c1-3-15-11(10(12(16)17)13-14-15)9-6-4-5-8(2)7-9/h4-7H,3H2,1-2H3,(H,16,17). The molecule has 0 amide bonds. The minimum Gasteiger partial charge on any atom is -0.476 e. The van der Waals surface area contributed by atoms with Crippen LogP contribution in [-0.4, -0.2) is 26.1 Å². The van der Waals surface area contributed by atoms with Gasteiger partial charge in [0.05, 0.1) is 0 Å². The van der Waals surface area contributed by atoms with Crippen LogP contribution in [0.25, 0.3) is 11.3 Å². The number of rotatable bonds is 3. The summed E-state index contributed by atoms with van der Waals surface area (Å²) in [6.07, 6.45) is 0. The lowest BCUT2D eigenvalue weighted by Gasteiger charge is -2.05. The van der Waals surface area contributed by atoms with Crippen LogP contribution in [0.3, 0.4) is 0 Å². The highest BCUT2D eigenvalue weighted by atomic mass is 16.4. The SMILES string of the molecule is CCn1nnc(C(=O)O)c1-c1cccc(C)c1. The summed E-state index contributed by atoms with van der Waals surface area (Å²) in [6.45, 7) is 4.45. The van der Waals surface area contributed by atoms with E-state index in [1.807, 2.05) is 38.1 Å². The topological polar surface area (TPSA) is 68.0 Å². The van der Waals surface area contributed by atoms with Crippen LogP contribution in [0.4, 0.5) is 0 Å². The summed E-state index contributed by atoms with van der Waals surface area (Å²) in [7, 11) is 0. The lowest BCUT2D eigenvalue weighted by atomic mass is 10.1. The lowest BCUT2D eigenvalue weighted by molar-refractivity contribution is 0.0691. The second kappa shape index (κ2) is 4.37. The van der Waals surface area contributed by atoms with Crippen molar-refractivity contribution in [2.24, 2.45) is 0 Å². The van der Waals surface area contributed by atoms with Crippen molar-refractivity contribution in [2.75, 3.05) is 0 Å². The van der Waals surface area contributed by atoms with E-state index in [4.69, 9.17) is 5.11 Å². The van der Waals surface area contributed by atoms with Crippen LogP contribution in [-0.2, 0) is 6.54 Å². The molecule has 2 aromatic rings. The van der Waals surface area contributed by atoms with E-state index in [0.29, 0.717) is 12.2 Å². The molecule has 17 heavy (non-hydrogen) atoms. The van der Waals surface area contributed by atoms with Gasteiger partial charge in [-0.15, -0.1) is 5.10 Å². The van der Waals surface area contributed by atoms with Crippen LogP contribution in [0.2, 0.25) is 0 Å². The first-order valence-corrected chi connectivity index (χ1v) is 5.37. The molecule has 1 aromatic carbocycles. The number of nitrogens with zero attached hydrogens (tertiary/aromatic N) is 3. The van der Waals surface area contributed by atoms with Gasteiger partial charge in [0, 0.05) is 12.1 Å². The van der Waals surface area contributed by atoms with E-state index in [1.54, 1.807) is 4.68 Å². The zero-order valence-electron chi connectivity index (χ0n) is 9.71. The van der Waals surface area contributed by atoms with Crippen LogP contribution >= 0.6 is 0 Å². The number of aryl methyl sites for hydroxylation is 2. The third-order valence-electron chi connectivity index (χ3n) is 2.53. The van der Waals surface area contributed by atoms with Gasteiger partial charge in [-0.2, -0.15) is 0 Å². The van der Waals surface area contributed by atoms with Crippen molar-refractivity contribution in [3.05, 3.63) is 35.5 Å². The number of carboxylic acids is 1. The van der Waals surface area contributed by atoms with Crippen LogP contribution in [0.5, 0.6) is 0 Å². The Balaban J connectivity index is 2.64. The highest BCUT2D eigenvalue weighted by Crippen LogP contribution is 2.23. The van der Waals surface area contributed by atoms with Crippen LogP contribution < -0.4 is 0 Å². The van der Waals surface area contributed by atoms with Gasteiger partial charge in [0.25, 0.3) is 0 Å². The predicted molar refractivity (Wildman–Crippen MR) is 62.8 cm³/mol. The van der Waals surface area contributed by atoms with Gasteiger partial charge in [0.2, 0.25) is 0 Å². The predicted octanol–water partition coefficient (Wildman–Crippen LogP) is 1.97. The molecule has 5 nitrogen and oxygen atoms in total. The molecule has 1 heterocycles. The van der Waals surface area contributed by atoms with Crippen molar-refractivity contribution < 1.29 is 9.90 Å². The summed E-state index contributed by atoms with van der Waals surface area (Å²) in [5.41, 5.74) is 2.46. The fourth-order valence-electron chi connectivity index (χ4n) is 1.76. The maximum Gasteiger partial charge on any atom is 0.358 e. The minimum absolute atomic E-state index is 0.00236. The number of aromatic nitrogens is 3. The average molecular weight is 231 g/mol. The van der Waals surface area contributed by atoms with Crippen molar-refractivity contribution in [3.63, 3.8) is 0 Å². The molecule has 0 aliphatic heterocycles. The van der Waals surface area contributed by atoms with Gasteiger partial charge in [-0.3, -0.25) is 0 Å². The van der Waals surface area contributed by atoms with Crippen molar-refractivity contribution in [3.8, 4) is 11.3 Å². The van der Waals surface area contributed by atoms with Crippen LogP contribution in [0.15, 0.2) is 24.3 Å². The summed E-state index contributed by atoms with van der Waals surface area (Å²) >= 11 is 0. The average Bonchev–Trinajstić information content (AvgIpc) is 2.72. The zero-order valence-corrected chi connectivity index (χ0v) is 9.71. The van der Waals surface area contributed by atoms with E-state index in [1.165, 1.54) is 0 Å². The van der Waals surface area contributed by atoms with Crippen LogP contribution in [0, 0.1) is 6.92 Å². The third kappa shape index (κ3) is 2.04. The van der Waals surface area contributed by atoms with E-state index in [-0.39, 0.29) is 5.69 Å². The van der Waals surface area contributed by atoms with Gasteiger partial charge in [-0.05, 0) is 19.9 Å². The Morgan fingerprint density at radius 2 is 2.24 bits per heavy atom. The van der Waals surface area contributed by atoms with Gasteiger partial charge in [0.1, 0.15) is 5.69 Å². The molecule has 0 bridgehead atoms. The van der Waals surface area contributed by atoms with E-state index in [2.05, 4.69) is 10.3 Å². The minimum atomic E-state index is -1.05. The molecular weight excluding hydrogens is 218 g/mol. The Morgan fingerprint density at radius 1 is 1.47 bits per heavy atom. The van der Waals surface area contributed by atoms with E-state index in [9.17, 15) is 4.79 Å². The summed E-state index contributed by atoms with van der Waals surface area (Å²) < 4.78 is 1.60. The molecule has 0 unspecified atom stereocenters. The molecule has 0 spiro atoms. The van der Waals surface area contributed by atoms with Gasteiger partial charge in [-0.1, -0.05) is 29.0 Å². The number of hydrogen-bond acceptors (Lipinski definition) is 3. The van der Waals surface area contributed by atoms with Crippen molar-refractivity contribution in [1.29, 1.82) is 0 Å². The van der Waals surface area contributed by atoms with E-state index in [0.717, 1.165) is 11.1 Å². The molecule has 0 aliphatic rings. The summed E-state index contributed by atoms with van der Waals surface area (Å²) in [6, 6.07) is 7.65. The summed E-state index contributed by atoms with van der Waals surface area (Å²) in [5.74, 6) is -1.05. The maximum absolute atomic E-state index is 11.1. The normalized spacial score (nSPS) is 10.5. The Morgan fingerprint density at radius 3 is 2.82 bits per heavy atom. The fourth-order valence-corrected chi connectivity index (χ4v) is 1.76. The number of carboxylic acid groups (broad SMARTS) is 1. The number of carbonyl (C=O) groups is 1.